The maximum absolute atomic E-state index is 9.99. The van der Waals surface area contributed by atoms with Gasteiger partial charge in [0.15, 0.2) is 5.58 Å². The van der Waals surface area contributed by atoms with Crippen molar-refractivity contribution in [3.05, 3.63) is 24.3 Å². The topological polar surface area (TPSA) is 43.1 Å². The Morgan fingerprint density at radius 2 is 2.25 bits per heavy atom. The van der Waals surface area contributed by atoms with Crippen LogP contribution in [0.5, 0.6) is 0 Å². The first kappa shape index (κ1) is 7.36. The Balaban J connectivity index is 2.54. The molecule has 0 aliphatic carbocycles. The molecular formula is C8H4NO2S. The normalized spacial score (nSPS) is 10.3. The molecule has 0 fully saturated rings. The van der Waals surface area contributed by atoms with E-state index in [1.54, 1.807) is 11.7 Å². The standard InChI is InChI=1S/C8H4NO2S/c10-5-12-8-9-6-3-1-2-4-7(6)11-8/h1-4H. The number of para-hydroxylation sites is 2. The molecule has 0 N–H and O–H groups in total. The van der Waals surface area contributed by atoms with Gasteiger partial charge in [-0.1, -0.05) is 12.1 Å². The number of fused-ring (bicyclic) bond motifs is 1. The van der Waals surface area contributed by atoms with Crippen molar-refractivity contribution in [2.24, 2.45) is 0 Å². The lowest BCUT2D eigenvalue weighted by atomic mass is 10.3. The summed E-state index contributed by atoms with van der Waals surface area (Å²) in [7, 11) is 0. The molecule has 0 spiro atoms. The number of benzene rings is 1. The fraction of sp³-hybridized carbons (Fsp3) is 0. The third-order valence-electron chi connectivity index (χ3n) is 1.40. The molecule has 0 aliphatic heterocycles. The van der Waals surface area contributed by atoms with E-state index in [1.807, 2.05) is 18.2 Å². The Labute approximate surface area is 72.8 Å². The maximum atomic E-state index is 9.99. The molecule has 1 heterocycles. The van der Waals surface area contributed by atoms with Gasteiger partial charge in [0.2, 0.25) is 0 Å². The van der Waals surface area contributed by atoms with E-state index in [9.17, 15) is 4.79 Å². The number of oxazole rings is 1. The van der Waals surface area contributed by atoms with Crippen molar-refractivity contribution in [2.45, 2.75) is 5.22 Å². The van der Waals surface area contributed by atoms with Crippen LogP contribution in [0.4, 0.5) is 0 Å². The maximum Gasteiger partial charge on any atom is 0.275 e. The molecule has 59 valence electrons. The number of hydrogen-bond acceptors (Lipinski definition) is 4. The van der Waals surface area contributed by atoms with Gasteiger partial charge in [0.1, 0.15) is 5.52 Å². The number of nitrogens with zero attached hydrogens (tertiary/aromatic N) is 1. The second-order valence-corrected chi connectivity index (χ2v) is 2.85. The predicted molar refractivity (Wildman–Crippen MR) is 45.6 cm³/mol. The molecule has 1 aromatic heterocycles. The van der Waals surface area contributed by atoms with Gasteiger partial charge >= 0.3 is 0 Å². The summed E-state index contributed by atoms with van der Waals surface area (Å²) in [5, 5.41) is 0.339. The van der Waals surface area contributed by atoms with Gasteiger partial charge in [-0.3, -0.25) is 4.79 Å². The first-order valence-corrected chi connectivity index (χ1v) is 4.11. The van der Waals surface area contributed by atoms with Crippen LogP contribution in [0.1, 0.15) is 0 Å². The number of rotatable bonds is 2. The summed E-state index contributed by atoms with van der Waals surface area (Å²) < 4.78 is 5.20. The molecule has 0 saturated carbocycles. The third-order valence-corrected chi connectivity index (χ3v) is 1.84. The number of carbonyl (C=O) groups excluding carboxylic acids is 1. The minimum Gasteiger partial charge on any atom is -0.431 e. The number of hydrogen-bond donors (Lipinski definition) is 0. The van der Waals surface area contributed by atoms with E-state index in [0.717, 1.165) is 17.3 Å². The quantitative estimate of drug-likeness (QED) is 0.659. The summed E-state index contributed by atoms with van der Waals surface area (Å²) >= 11 is 0.818. The zero-order valence-electron chi connectivity index (χ0n) is 5.98. The van der Waals surface area contributed by atoms with E-state index < -0.39 is 0 Å². The Kier molecular flexibility index (Phi) is 1.83. The molecule has 0 unspecified atom stereocenters. The lowest BCUT2D eigenvalue weighted by molar-refractivity contribution is 0.490. The van der Waals surface area contributed by atoms with Crippen LogP contribution >= 0.6 is 11.8 Å². The van der Waals surface area contributed by atoms with E-state index >= 15 is 0 Å². The summed E-state index contributed by atoms with van der Waals surface area (Å²) in [5.74, 6) is 0. The third kappa shape index (κ3) is 1.21. The molecule has 0 atom stereocenters. The van der Waals surface area contributed by atoms with Crippen molar-refractivity contribution in [2.75, 3.05) is 0 Å². The average Bonchev–Trinajstić information content (AvgIpc) is 2.47. The molecule has 3 nitrogen and oxygen atoms in total. The van der Waals surface area contributed by atoms with Crippen LogP contribution in [0.25, 0.3) is 11.1 Å². The van der Waals surface area contributed by atoms with E-state index in [2.05, 4.69) is 4.98 Å². The van der Waals surface area contributed by atoms with Crippen LogP contribution in [0.15, 0.2) is 33.9 Å². The van der Waals surface area contributed by atoms with Crippen LogP contribution in [0.3, 0.4) is 0 Å². The zero-order valence-corrected chi connectivity index (χ0v) is 6.80. The van der Waals surface area contributed by atoms with Crippen LogP contribution in [-0.2, 0) is 4.79 Å². The molecule has 0 aliphatic rings. The predicted octanol–water partition coefficient (Wildman–Crippen LogP) is 1.99. The fourth-order valence-corrected chi connectivity index (χ4v) is 1.28. The second-order valence-electron chi connectivity index (χ2n) is 2.13. The molecule has 0 bridgehead atoms. The summed E-state index contributed by atoms with van der Waals surface area (Å²) in [5.41, 5.74) is 3.10. The zero-order chi connectivity index (χ0) is 8.39. The minimum absolute atomic E-state index is 0.339. The Morgan fingerprint density at radius 3 is 3.00 bits per heavy atom. The van der Waals surface area contributed by atoms with Crippen molar-refractivity contribution in [1.29, 1.82) is 0 Å². The SMILES string of the molecule is O=[C]Sc1nc2ccccc2o1. The Bertz CT molecular complexity index is 377. The van der Waals surface area contributed by atoms with E-state index in [-0.39, 0.29) is 0 Å². The fourth-order valence-electron chi connectivity index (χ4n) is 0.930. The van der Waals surface area contributed by atoms with Gasteiger partial charge in [0.05, 0.1) is 0 Å². The smallest absolute Gasteiger partial charge is 0.275 e. The van der Waals surface area contributed by atoms with Crippen LogP contribution in [0, 0.1) is 0 Å². The van der Waals surface area contributed by atoms with Gasteiger partial charge in [-0.25, -0.2) is 4.98 Å². The molecule has 4 heteroatoms. The van der Waals surface area contributed by atoms with Crippen molar-refractivity contribution in [1.82, 2.24) is 4.98 Å². The van der Waals surface area contributed by atoms with E-state index in [0.29, 0.717) is 10.8 Å². The van der Waals surface area contributed by atoms with Crippen LogP contribution in [0.2, 0.25) is 0 Å². The molecule has 1 aromatic carbocycles. The number of thioether (sulfide) groups is 1. The Hall–Kier alpha value is -1.29. The van der Waals surface area contributed by atoms with E-state index in [4.69, 9.17) is 4.42 Å². The first-order valence-electron chi connectivity index (χ1n) is 3.30. The van der Waals surface area contributed by atoms with Gasteiger partial charge < -0.3 is 4.42 Å². The molecular weight excluding hydrogens is 174 g/mol. The average molecular weight is 178 g/mol. The molecule has 12 heavy (non-hydrogen) atoms. The molecule has 1 radical (unpaired) electrons. The van der Waals surface area contributed by atoms with Crippen molar-refractivity contribution in [3.8, 4) is 0 Å². The highest BCUT2D eigenvalue weighted by molar-refractivity contribution is 8.11. The summed E-state index contributed by atoms with van der Waals surface area (Å²) in [6.45, 7) is 0. The highest BCUT2D eigenvalue weighted by Gasteiger charge is 2.03. The van der Waals surface area contributed by atoms with Crippen molar-refractivity contribution < 1.29 is 9.21 Å². The van der Waals surface area contributed by atoms with Crippen molar-refractivity contribution in [3.63, 3.8) is 0 Å². The van der Waals surface area contributed by atoms with Gasteiger partial charge in [0, 0.05) is 11.8 Å². The second kappa shape index (κ2) is 2.98. The first-order chi connectivity index (χ1) is 5.90. The molecule has 2 aromatic rings. The largest absolute Gasteiger partial charge is 0.431 e. The molecule has 0 amide bonds. The monoisotopic (exact) mass is 178 g/mol. The van der Waals surface area contributed by atoms with Gasteiger partial charge in [-0.2, -0.15) is 0 Å². The van der Waals surface area contributed by atoms with Gasteiger partial charge in [0.25, 0.3) is 10.8 Å². The summed E-state index contributed by atoms with van der Waals surface area (Å²) in [6.07, 6.45) is 0. The lowest BCUT2D eigenvalue weighted by Gasteiger charge is -1.79. The summed E-state index contributed by atoms with van der Waals surface area (Å²) in [4.78, 5) is 14.0. The number of aromatic nitrogens is 1. The Morgan fingerprint density at radius 1 is 1.42 bits per heavy atom. The highest BCUT2D eigenvalue weighted by atomic mass is 32.2. The van der Waals surface area contributed by atoms with Crippen LogP contribution < -0.4 is 0 Å². The lowest BCUT2D eigenvalue weighted by Crippen LogP contribution is -1.67. The minimum atomic E-state index is 0.339. The van der Waals surface area contributed by atoms with E-state index in [1.165, 1.54) is 0 Å². The molecule has 2 rings (SSSR count). The summed E-state index contributed by atoms with van der Waals surface area (Å²) in [6, 6.07) is 7.35. The molecule has 0 saturated heterocycles. The van der Waals surface area contributed by atoms with Gasteiger partial charge in [-0.15, -0.1) is 0 Å². The highest BCUT2D eigenvalue weighted by Crippen LogP contribution is 2.20. The van der Waals surface area contributed by atoms with Crippen molar-refractivity contribution >= 4 is 28.5 Å². The van der Waals surface area contributed by atoms with Gasteiger partial charge in [-0.05, 0) is 12.1 Å². The van der Waals surface area contributed by atoms with Crippen LogP contribution in [-0.4, -0.2) is 10.6 Å².